The number of benzene rings is 1. The third kappa shape index (κ3) is 3.48. The lowest BCUT2D eigenvalue weighted by atomic mass is 9.95. The first-order valence-corrected chi connectivity index (χ1v) is 9.73. The van der Waals surface area contributed by atoms with Gasteiger partial charge in [-0.3, -0.25) is 4.79 Å². The molecule has 2 fully saturated rings. The van der Waals surface area contributed by atoms with Gasteiger partial charge in [-0.2, -0.15) is 0 Å². The van der Waals surface area contributed by atoms with Gasteiger partial charge in [-0.25, -0.2) is 4.98 Å². The lowest BCUT2D eigenvalue weighted by Gasteiger charge is -2.36. The zero-order valence-corrected chi connectivity index (χ0v) is 15.5. The summed E-state index contributed by atoms with van der Waals surface area (Å²) >= 11 is 0. The van der Waals surface area contributed by atoms with Crippen LogP contribution in [0.15, 0.2) is 30.3 Å². The lowest BCUT2D eigenvalue weighted by molar-refractivity contribution is -0.136. The number of carbonyl (C=O) groups excluding carboxylic acids is 1. The van der Waals surface area contributed by atoms with Gasteiger partial charge < -0.3 is 14.5 Å². The first kappa shape index (κ1) is 17.1. The van der Waals surface area contributed by atoms with Gasteiger partial charge in [0, 0.05) is 31.6 Å². The van der Waals surface area contributed by atoms with E-state index >= 15 is 0 Å². The number of likely N-dealkylation sites (tertiary alicyclic amines) is 1. The van der Waals surface area contributed by atoms with Crippen molar-refractivity contribution in [2.24, 2.45) is 5.92 Å². The van der Waals surface area contributed by atoms with Gasteiger partial charge in [0.05, 0.1) is 18.5 Å². The average Bonchev–Trinajstić information content (AvgIpc) is 2.73. The van der Waals surface area contributed by atoms with Crippen LogP contribution in [0.5, 0.6) is 5.75 Å². The van der Waals surface area contributed by atoms with E-state index in [-0.39, 0.29) is 5.92 Å². The summed E-state index contributed by atoms with van der Waals surface area (Å²) in [5.74, 6) is 2.27. The molecule has 0 aliphatic carbocycles. The summed E-state index contributed by atoms with van der Waals surface area (Å²) in [4.78, 5) is 22.1. The second-order valence-electron chi connectivity index (χ2n) is 7.40. The molecule has 138 valence electrons. The number of ether oxygens (including phenoxy) is 1. The molecule has 1 aromatic carbocycles. The number of anilines is 1. The number of amides is 1. The molecule has 4 rings (SSSR count). The summed E-state index contributed by atoms with van der Waals surface area (Å²) in [6.07, 6.45) is 5.60. The number of rotatable bonds is 3. The van der Waals surface area contributed by atoms with Gasteiger partial charge in [-0.15, -0.1) is 0 Å². The van der Waals surface area contributed by atoms with Crippen molar-refractivity contribution < 1.29 is 9.53 Å². The van der Waals surface area contributed by atoms with Gasteiger partial charge >= 0.3 is 0 Å². The van der Waals surface area contributed by atoms with E-state index in [1.807, 2.05) is 18.2 Å². The smallest absolute Gasteiger partial charge is 0.227 e. The van der Waals surface area contributed by atoms with E-state index in [4.69, 9.17) is 9.72 Å². The van der Waals surface area contributed by atoms with Gasteiger partial charge in [0.1, 0.15) is 11.6 Å². The van der Waals surface area contributed by atoms with Gasteiger partial charge in [0.2, 0.25) is 5.91 Å². The second-order valence-corrected chi connectivity index (χ2v) is 7.40. The van der Waals surface area contributed by atoms with E-state index in [9.17, 15) is 4.79 Å². The van der Waals surface area contributed by atoms with Crippen LogP contribution in [0.1, 0.15) is 32.1 Å². The molecule has 0 bridgehead atoms. The van der Waals surface area contributed by atoms with Gasteiger partial charge in [0.15, 0.2) is 0 Å². The molecule has 5 nitrogen and oxygen atoms in total. The monoisotopic (exact) mass is 353 g/mol. The molecule has 2 aliphatic rings. The molecule has 1 aromatic heterocycles. The second kappa shape index (κ2) is 7.52. The predicted octanol–water partition coefficient (Wildman–Crippen LogP) is 3.47. The Balaban J connectivity index is 1.50. The summed E-state index contributed by atoms with van der Waals surface area (Å²) in [5, 5.41) is 1.08. The molecular weight excluding hydrogens is 326 g/mol. The number of aromatic nitrogens is 1. The topological polar surface area (TPSA) is 45.7 Å². The highest BCUT2D eigenvalue weighted by Crippen LogP contribution is 2.27. The van der Waals surface area contributed by atoms with E-state index in [0.717, 1.165) is 74.3 Å². The molecule has 0 N–H and O–H groups in total. The number of piperidine rings is 2. The molecule has 1 amide bonds. The molecular formula is C21H27N3O2. The molecule has 26 heavy (non-hydrogen) atoms. The number of pyridine rings is 1. The zero-order valence-electron chi connectivity index (χ0n) is 15.5. The summed E-state index contributed by atoms with van der Waals surface area (Å²) in [7, 11) is 1.68. The van der Waals surface area contributed by atoms with Crippen LogP contribution in [-0.2, 0) is 4.79 Å². The summed E-state index contributed by atoms with van der Waals surface area (Å²) in [6.45, 7) is 3.62. The molecule has 1 atom stereocenters. The highest BCUT2D eigenvalue weighted by atomic mass is 16.5. The Labute approximate surface area is 154 Å². The summed E-state index contributed by atoms with van der Waals surface area (Å²) in [5.41, 5.74) is 0.966. The Kier molecular flexibility index (Phi) is 4.96. The molecule has 0 radical (unpaired) electrons. The van der Waals surface area contributed by atoms with Crippen molar-refractivity contribution in [3.8, 4) is 5.75 Å². The quantitative estimate of drug-likeness (QED) is 0.848. The third-order valence-corrected chi connectivity index (χ3v) is 5.64. The third-order valence-electron chi connectivity index (χ3n) is 5.64. The molecule has 5 heteroatoms. The van der Waals surface area contributed by atoms with E-state index in [1.165, 1.54) is 6.42 Å². The van der Waals surface area contributed by atoms with Crippen molar-refractivity contribution in [3.05, 3.63) is 30.3 Å². The molecule has 2 aliphatic heterocycles. The van der Waals surface area contributed by atoms with E-state index in [2.05, 4.69) is 21.9 Å². The molecule has 2 saturated heterocycles. The molecule has 0 spiro atoms. The van der Waals surface area contributed by atoms with Crippen LogP contribution in [-0.4, -0.2) is 49.1 Å². The fraction of sp³-hybridized carbons (Fsp3) is 0.524. The normalized spacial score (nSPS) is 21.0. The Morgan fingerprint density at radius 2 is 1.92 bits per heavy atom. The molecule has 0 saturated carbocycles. The van der Waals surface area contributed by atoms with Crippen LogP contribution in [0.3, 0.4) is 0 Å². The van der Waals surface area contributed by atoms with Crippen molar-refractivity contribution in [1.29, 1.82) is 0 Å². The number of methoxy groups -OCH3 is 1. The Morgan fingerprint density at radius 1 is 1.08 bits per heavy atom. The van der Waals surface area contributed by atoms with Crippen LogP contribution in [0.4, 0.5) is 5.82 Å². The Morgan fingerprint density at radius 3 is 2.73 bits per heavy atom. The highest BCUT2D eigenvalue weighted by Gasteiger charge is 2.30. The number of hydrogen-bond acceptors (Lipinski definition) is 4. The number of fused-ring (bicyclic) bond motifs is 1. The first-order valence-electron chi connectivity index (χ1n) is 9.73. The minimum absolute atomic E-state index is 0.107. The van der Waals surface area contributed by atoms with Crippen molar-refractivity contribution in [2.45, 2.75) is 32.1 Å². The molecule has 1 unspecified atom stereocenters. The maximum Gasteiger partial charge on any atom is 0.227 e. The highest BCUT2D eigenvalue weighted by molar-refractivity contribution is 5.82. The molecule has 3 heterocycles. The van der Waals surface area contributed by atoms with Gasteiger partial charge in [-0.1, -0.05) is 0 Å². The minimum atomic E-state index is 0.107. The van der Waals surface area contributed by atoms with Crippen LogP contribution in [0.2, 0.25) is 0 Å². The van der Waals surface area contributed by atoms with Crippen LogP contribution in [0, 0.1) is 5.92 Å². The van der Waals surface area contributed by atoms with Crippen LogP contribution < -0.4 is 9.64 Å². The average molecular weight is 353 g/mol. The van der Waals surface area contributed by atoms with Crippen molar-refractivity contribution in [1.82, 2.24) is 9.88 Å². The fourth-order valence-electron chi connectivity index (χ4n) is 4.16. The number of carbonyl (C=O) groups is 1. The maximum atomic E-state index is 12.9. The molecule has 2 aromatic rings. The van der Waals surface area contributed by atoms with Gasteiger partial charge in [0.25, 0.3) is 0 Å². The van der Waals surface area contributed by atoms with E-state index in [0.29, 0.717) is 5.91 Å². The SMILES string of the molecule is COc1ccc2nc(N3CCCC(C(=O)N4CCCCC4)C3)ccc2c1. The van der Waals surface area contributed by atoms with E-state index in [1.54, 1.807) is 7.11 Å². The number of nitrogens with zero attached hydrogens (tertiary/aromatic N) is 3. The van der Waals surface area contributed by atoms with Crippen LogP contribution >= 0.6 is 0 Å². The standard InChI is InChI=1S/C21H27N3O2/c1-26-18-8-9-19-16(14-18)7-10-20(22-19)24-13-5-6-17(15-24)21(25)23-11-3-2-4-12-23/h7-10,14,17H,2-6,11-13,15H2,1H3. The first-order chi connectivity index (χ1) is 12.7. The zero-order chi connectivity index (χ0) is 17.9. The van der Waals surface area contributed by atoms with E-state index < -0.39 is 0 Å². The van der Waals surface area contributed by atoms with Crippen molar-refractivity contribution in [3.63, 3.8) is 0 Å². The fourth-order valence-corrected chi connectivity index (χ4v) is 4.16. The Bertz CT molecular complexity index is 786. The summed E-state index contributed by atoms with van der Waals surface area (Å²) in [6, 6.07) is 10.1. The lowest BCUT2D eigenvalue weighted by Crippen LogP contribution is -2.46. The maximum absolute atomic E-state index is 12.9. The minimum Gasteiger partial charge on any atom is -0.497 e. The predicted molar refractivity (Wildman–Crippen MR) is 104 cm³/mol. The van der Waals surface area contributed by atoms with Crippen LogP contribution in [0.25, 0.3) is 10.9 Å². The largest absolute Gasteiger partial charge is 0.497 e. The number of hydrogen-bond donors (Lipinski definition) is 0. The Hall–Kier alpha value is -2.30. The van der Waals surface area contributed by atoms with Crippen molar-refractivity contribution >= 4 is 22.6 Å². The van der Waals surface area contributed by atoms with Crippen molar-refractivity contribution in [2.75, 3.05) is 38.2 Å². The summed E-state index contributed by atoms with van der Waals surface area (Å²) < 4.78 is 5.29. The van der Waals surface area contributed by atoms with Gasteiger partial charge in [-0.05, 0) is 62.4 Å².